The predicted octanol–water partition coefficient (Wildman–Crippen LogP) is 2.33. The van der Waals surface area contributed by atoms with Gasteiger partial charge in [0.05, 0.1) is 7.11 Å². The van der Waals surface area contributed by atoms with Gasteiger partial charge in [0.25, 0.3) is 0 Å². The van der Waals surface area contributed by atoms with Crippen LogP contribution in [0.5, 0.6) is 5.75 Å². The second-order valence-corrected chi connectivity index (χ2v) is 6.39. The first-order valence-electron chi connectivity index (χ1n) is 8.60. The highest BCUT2D eigenvalue weighted by Crippen LogP contribution is 2.21. The lowest BCUT2D eigenvalue weighted by atomic mass is 9.96. The lowest BCUT2D eigenvalue weighted by molar-refractivity contribution is -0.125. The summed E-state index contributed by atoms with van der Waals surface area (Å²) < 4.78 is 5.14. The molecule has 25 heavy (non-hydrogen) atoms. The molecular formula is C19H24N4O2. The normalized spacial score (nSPS) is 15.0. The number of rotatable bonds is 5. The van der Waals surface area contributed by atoms with E-state index in [-0.39, 0.29) is 11.8 Å². The molecule has 0 bridgehead atoms. The fourth-order valence-electron chi connectivity index (χ4n) is 2.97. The maximum absolute atomic E-state index is 12.4. The third-order valence-electron chi connectivity index (χ3n) is 4.54. The summed E-state index contributed by atoms with van der Waals surface area (Å²) in [5.74, 6) is 1.75. The molecule has 0 aliphatic carbocycles. The topological polar surface area (TPSA) is 67.3 Å². The molecule has 1 aliphatic rings. The smallest absolute Gasteiger partial charge is 0.225 e. The summed E-state index contributed by atoms with van der Waals surface area (Å²) in [6.45, 7) is 4.14. The van der Waals surface area contributed by atoms with Crippen molar-refractivity contribution in [1.82, 2.24) is 15.3 Å². The number of hydrogen-bond donors (Lipinski definition) is 1. The van der Waals surface area contributed by atoms with Crippen molar-refractivity contribution in [3.8, 4) is 5.75 Å². The fraction of sp³-hybridized carbons (Fsp3) is 0.421. The summed E-state index contributed by atoms with van der Waals surface area (Å²) in [4.78, 5) is 23.3. The summed E-state index contributed by atoms with van der Waals surface area (Å²) in [7, 11) is 1.64. The first kappa shape index (κ1) is 17.2. The number of ether oxygens (including phenoxy) is 1. The molecule has 2 heterocycles. The van der Waals surface area contributed by atoms with E-state index in [0.717, 1.165) is 48.8 Å². The number of carbonyl (C=O) groups excluding carboxylic acids is 1. The van der Waals surface area contributed by atoms with E-state index >= 15 is 0 Å². The summed E-state index contributed by atoms with van der Waals surface area (Å²) >= 11 is 0. The van der Waals surface area contributed by atoms with Gasteiger partial charge in [0, 0.05) is 37.9 Å². The van der Waals surface area contributed by atoms with Crippen LogP contribution in [0.3, 0.4) is 0 Å². The minimum atomic E-state index is 0.0555. The zero-order valence-corrected chi connectivity index (χ0v) is 14.7. The van der Waals surface area contributed by atoms with Crippen LogP contribution in [0.25, 0.3) is 0 Å². The number of methoxy groups -OCH3 is 1. The van der Waals surface area contributed by atoms with E-state index in [1.807, 2.05) is 43.6 Å². The van der Waals surface area contributed by atoms with Gasteiger partial charge < -0.3 is 15.0 Å². The van der Waals surface area contributed by atoms with E-state index in [1.54, 1.807) is 7.11 Å². The van der Waals surface area contributed by atoms with E-state index in [4.69, 9.17) is 4.74 Å². The van der Waals surface area contributed by atoms with E-state index in [9.17, 15) is 4.79 Å². The molecule has 0 radical (unpaired) electrons. The Morgan fingerprint density at radius 2 is 1.84 bits per heavy atom. The van der Waals surface area contributed by atoms with Crippen LogP contribution in [0.4, 0.5) is 5.95 Å². The molecule has 0 atom stereocenters. The quantitative estimate of drug-likeness (QED) is 0.905. The van der Waals surface area contributed by atoms with Crippen molar-refractivity contribution in [2.75, 3.05) is 25.1 Å². The van der Waals surface area contributed by atoms with Crippen molar-refractivity contribution >= 4 is 11.9 Å². The molecule has 1 amide bonds. The van der Waals surface area contributed by atoms with Crippen LogP contribution in [0.2, 0.25) is 0 Å². The van der Waals surface area contributed by atoms with Crippen LogP contribution < -0.4 is 15.0 Å². The van der Waals surface area contributed by atoms with Gasteiger partial charge in [-0.25, -0.2) is 9.97 Å². The SMILES string of the molecule is COc1ccc(CNC(=O)C2CCN(c3ncc(C)cn3)CC2)cc1. The Balaban J connectivity index is 1.47. The average Bonchev–Trinajstić information content (AvgIpc) is 2.67. The Hall–Kier alpha value is -2.63. The van der Waals surface area contributed by atoms with Crippen LogP contribution >= 0.6 is 0 Å². The Morgan fingerprint density at radius 1 is 1.20 bits per heavy atom. The first-order chi connectivity index (χ1) is 12.2. The molecule has 1 aliphatic heterocycles. The minimum absolute atomic E-state index is 0.0555. The molecule has 132 valence electrons. The highest BCUT2D eigenvalue weighted by molar-refractivity contribution is 5.78. The highest BCUT2D eigenvalue weighted by atomic mass is 16.5. The summed E-state index contributed by atoms with van der Waals surface area (Å²) in [5, 5.41) is 3.04. The number of nitrogens with zero attached hydrogens (tertiary/aromatic N) is 3. The van der Waals surface area contributed by atoms with Gasteiger partial charge in [-0.2, -0.15) is 0 Å². The van der Waals surface area contributed by atoms with Crippen molar-refractivity contribution in [2.24, 2.45) is 5.92 Å². The summed E-state index contributed by atoms with van der Waals surface area (Å²) in [6, 6.07) is 7.75. The standard InChI is InChI=1S/C19H24N4O2/c1-14-11-21-19(22-12-14)23-9-7-16(8-10-23)18(24)20-13-15-3-5-17(25-2)6-4-15/h3-6,11-12,16H,7-10,13H2,1-2H3,(H,20,24). The maximum Gasteiger partial charge on any atom is 0.225 e. The number of nitrogens with one attached hydrogen (secondary N) is 1. The zero-order valence-electron chi connectivity index (χ0n) is 14.7. The maximum atomic E-state index is 12.4. The molecule has 0 saturated carbocycles. The predicted molar refractivity (Wildman–Crippen MR) is 96.5 cm³/mol. The summed E-state index contributed by atoms with van der Waals surface area (Å²) in [5.41, 5.74) is 2.12. The van der Waals surface area contributed by atoms with Gasteiger partial charge in [0.2, 0.25) is 11.9 Å². The van der Waals surface area contributed by atoms with E-state index in [0.29, 0.717) is 6.54 Å². The molecule has 0 unspecified atom stereocenters. The molecular weight excluding hydrogens is 316 g/mol. The van der Waals surface area contributed by atoms with Crippen LogP contribution in [-0.4, -0.2) is 36.1 Å². The number of amides is 1. The number of aromatic nitrogens is 2. The number of aryl methyl sites for hydroxylation is 1. The van der Waals surface area contributed by atoms with Gasteiger partial charge in [0.15, 0.2) is 0 Å². The van der Waals surface area contributed by atoms with Crippen LogP contribution in [-0.2, 0) is 11.3 Å². The number of hydrogen-bond acceptors (Lipinski definition) is 5. The van der Waals surface area contributed by atoms with Crippen molar-refractivity contribution in [3.05, 3.63) is 47.8 Å². The van der Waals surface area contributed by atoms with Gasteiger partial charge in [-0.3, -0.25) is 4.79 Å². The van der Waals surface area contributed by atoms with E-state index in [1.165, 1.54) is 0 Å². The molecule has 2 aromatic rings. The highest BCUT2D eigenvalue weighted by Gasteiger charge is 2.25. The van der Waals surface area contributed by atoms with Crippen molar-refractivity contribution in [1.29, 1.82) is 0 Å². The number of carbonyl (C=O) groups is 1. The molecule has 1 saturated heterocycles. The van der Waals surface area contributed by atoms with Gasteiger partial charge in [0.1, 0.15) is 5.75 Å². The molecule has 1 N–H and O–H groups in total. The molecule has 1 fully saturated rings. The molecule has 6 nitrogen and oxygen atoms in total. The van der Waals surface area contributed by atoms with Crippen LogP contribution in [0.15, 0.2) is 36.7 Å². The second-order valence-electron chi connectivity index (χ2n) is 6.39. The van der Waals surface area contributed by atoms with E-state index < -0.39 is 0 Å². The molecule has 1 aromatic heterocycles. The Morgan fingerprint density at radius 3 is 2.44 bits per heavy atom. The Kier molecular flexibility index (Phi) is 5.48. The van der Waals surface area contributed by atoms with Crippen molar-refractivity contribution in [3.63, 3.8) is 0 Å². The third-order valence-corrected chi connectivity index (χ3v) is 4.54. The molecule has 1 aromatic carbocycles. The Labute approximate surface area is 148 Å². The second kappa shape index (κ2) is 7.96. The largest absolute Gasteiger partial charge is 0.497 e. The average molecular weight is 340 g/mol. The third kappa shape index (κ3) is 4.47. The van der Waals surface area contributed by atoms with Crippen molar-refractivity contribution < 1.29 is 9.53 Å². The van der Waals surface area contributed by atoms with Gasteiger partial charge in [-0.15, -0.1) is 0 Å². The zero-order chi connectivity index (χ0) is 17.6. The Bertz CT molecular complexity index is 692. The van der Waals surface area contributed by atoms with Crippen molar-refractivity contribution in [2.45, 2.75) is 26.3 Å². The minimum Gasteiger partial charge on any atom is -0.497 e. The molecule has 3 rings (SSSR count). The number of benzene rings is 1. The van der Waals surface area contributed by atoms with E-state index in [2.05, 4.69) is 20.2 Å². The first-order valence-corrected chi connectivity index (χ1v) is 8.60. The molecule has 6 heteroatoms. The monoisotopic (exact) mass is 340 g/mol. The van der Waals surface area contributed by atoms with Gasteiger partial charge >= 0.3 is 0 Å². The van der Waals surface area contributed by atoms with Crippen LogP contribution in [0, 0.1) is 12.8 Å². The number of anilines is 1. The van der Waals surface area contributed by atoms with Gasteiger partial charge in [-0.05, 0) is 43.0 Å². The lowest BCUT2D eigenvalue weighted by Crippen LogP contribution is -2.41. The lowest BCUT2D eigenvalue weighted by Gasteiger charge is -2.31. The molecule has 0 spiro atoms. The number of piperidine rings is 1. The summed E-state index contributed by atoms with van der Waals surface area (Å²) in [6.07, 6.45) is 5.31. The van der Waals surface area contributed by atoms with Crippen LogP contribution in [0.1, 0.15) is 24.0 Å². The fourth-order valence-corrected chi connectivity index (χ4v) is 2.97. The van der Waals surface area contributed by atoms with Gasteiger partial charge in [-0.1, -0.05) is 12.1 Å².